The first-order valence-corrected chi connectivity index (χ1v) is 8.52. The van der Waals surface area contributed by atoms with E-state index in [1.165, 1.54) is 6.07 Å². The smallest absolute Gasteiger partial charge is 0.273 e. The van der Waals surface area contributed by atoms with Gasteiger partial charge in [0, 0.05) is 24.4 Å². The Morgan fingerprint density at radius 2 is 2.14 bits per heavy atom. The normalized spacial score (nSPS) is 11.2. The number of nitrogens with one attached hydrogen (secondary N) is 1. The first-order chi connectivity index (χ1) is 10.4. The minimum atomic E-state index is -3.12. The van der Waals surface area contributed by atoms with E-state index in [1.807, 2.05) is 0 Å². The maximum absolute atomic E-state index is 11.8. The Morgan fingerprint density at radius 3 is 2.82 bits per heavy atom. The zero-order valence-corrected chi connectivity index (χ0v) is 13.0. The van der Waals surface area contributed by atoms with Crippen LogP contribution in [-0.2, 0) is 9.84 Å². The first kappa shape index (κ1) is 16.0. The number of ether oxygens (including phenoxy) is 1. The number of rotatable bonds is 6. The number of carbonyl (C=O) groups is 1. The molecule has 1 heterocycles. The number of sulfone groups is 1. The molecule has 2 aromatic rings. The van der Waals surface area contributed by atoms with Crippen molar-refractivity contribution in [2.24, 2.45) is 0 Å². The number of methoxy groups -OCH3 is 1. The summed E-state index contributed by atoms with van der Waals surface area (Å²) in [6.45, 7) is 0.0268. The van der Waals surface area contributed by atoms with Crippen LogP contribution in [0, 0.1) is 0 Å². The van der Waals surface area contributed by atoms with Crippen LogP contribution >= 0.6 is 0 Å². The van der Waals surface area contributed by atoms with Crippen LogP contribution in [0.5, 0.6) is 5.75 Å². The van der Waals surface area contributed by atoms with Gasteiger partial charge in [-0.25, -0.2) is 8.42 Å². The highest BCUT2D eigenvalue weighted by atomic mass is 32.2. The quantitative estimate of drug-likeness (QED) is 0.855. The van der Waals surface area contributed by atoms with Crippen molar-refractivity contribution in [2.75, 3.05) is 25.7 Å². The number of nitrogens with zero attached hydrogens (tertiary/aromatic N) is 1. The summed E-state index contributed by atoms with van der Waals surface area (Å²) in [4.78, 5) is 11.8. The Kier molecular flexibility index (Phi) is 4.81. The number of carbonyl (C=O) groups excluding carboxylic acids is 1. The molecule has 7 nitrogen and oxygen atoms in total. The molecule has 0 aliphatic heterocycles. The molecule has 0 atom stereocenters. The third-order valence-corrected chi connectivity index (χ3v) is 3.80. The standard InChI is InChI=1S/C14H16N2O5S/c1-20-11-5-3-4-10(8-11)13-9-12(16-21-13)14(17)15-6-7-22(2,18)19/h3-5,8-9H,6-7H2,1-2H3,(H,15,17). The van der Waals surface area contributed by atoms with E-state index in [4.69, 9.17) is 9.26 Å². The van der Waals surface area contributed by atoms with Crippen molar-refractivity contribution in [1.82, 2.24) is 10.5 Å². The molecule has 2 rings (SSSR count). The predicted molar refractivity (Wildman–Crippen MR) is 80.5 cm³/mol. The molecule has 118 valence electrons. The lowest BCUT2D eigenvalue weighted by Gasteiger charge is -2.01. The molecule has 0 aliphatic carbocycles. The van der Waals surface area contributed by atoms with Gasteiger partial charge in [0.05, 0.1) is 12.9 Å². The highest BCUT2D eigenvalue weighted by molar-refractivity contribution is 7.90. The summed E-state index contributed by atoms with van der Waals surface area (Å²) in [6, 6.07) is 8.63. The number of amides is 1. The van der Waals surface area contributed by atoms with Crippen LogP contribution in [0.3, 0.4) is 0 Å². The molecule has 8 heteroatoms. The Hall–Kier alpha value is -2.35. The highest BCUT2D eigenvalue weighted by Gasteiger charge is 2.14. The minimum Gasteiger partial charge on any atom is -0.497 e. The summed E-state index contributed by atoms with van der Waals surface area (Å²) in [5.41, 5.74) is 0.813. The largest absolute Gasteiger partial charge is 0.497 e. The van der Waals surface area contributed by atoms with E-state index < -0.39 is 15.7 Å². The van der Waals surface area contributed by atoms with Gasteiger partial charge in [0.1, 0.15) is 15.6 Å². The molecule has 0 radical (unpaired) electrons. The molecular weight excluding hydrogens is 308 g/mol. The van der Waals surface area contributed by atoms with Crippen LogP contribution in [-0.4, -0.2) is 45.1 Å². The number of hydrogen-bond acceptors (Lipinski definition) is 6. The van der Waals surface area contributed by atoms with Gasteiger partial charge in [-0.15, -0.1) is 0 Å². The fourth-order valence-corrected chi connectivity index (χ4v) is 2.21. The average Bonchev–Trinajstić information content (AvgIpc) is 2.96. The lowest BCUT2D eigenvalue weighted by Crippen LogP contribution is -2.28. The Labute approximate surface area is 128 Å². The van der Waals surface area contributed by atoms with E-state index in [1.54, 1.807) is 31.4 Å². The third-order valence-electron chi connectivity index (χ3n) is 2.86. The molecule has 0 aliphatic rings. The van der Waals surface area contributed by atoms with Crippen LogP contribution in [0.1, 0.15) is 10.5 Å². The monoisotopic (exact) mass is 324 g/mol. The van der Waals surface area contributed by atoms with Gasteiger partial charge in [-0.05, 0) is 12.1 Å². The maximum atomic E-state index is 11.8. The Bertz CT molecular complexity index is 767. The molecule has 22 heavy (non-hydrogen) atoms. The summed E-state index contributed by atoms with van der Waals surface area (Å²) in [5.74, 6) is 0.473. The van der Waals surface area contributed by atoms with Crippen molar-refractivity contribution in [3.63, 3.8) is 0 Å². The fourth-order valence-electron chi connectivity index (χ4n) is 1.74. The number of hydrogen-bond donors (Lipinski definition) is 1. The lowest BCUT2D eigenvalue weighted by atomic mass is 10.1. The lowest BCUT2D eigenvalue weighted by molar-refractivity contribution is 0.0947. The van der Waals surface area contributed by atoms with Crippen molar-refractivity contribution < 1.29 is 22.5 Å². The Morgan fingerprint density at radius 1 is 1.36 bits per heavy atom. The second-order valence-corrected chi connectivity index (χ2v) is 6.95. The number of benzene rings is 1. The van der Waals surface area contributed by atoms with Crippen molar-refractivity contribution in [3.8, 4) is 17.1 Å². The zero-order valence-electron chi connectivity index (χ0n) is 12.2. The van der Waals surface area contributed by atoms with E-state index in [9.17, 15) is 13.2 Å². The van der Waals surface area contributed by atoms with Crippen LogP contribution in [0.25, 0.3) is 11.3 Å². The van der Waals surface area contributed by atoms with Gasteiger partial charge >= 0.3 is 0 Å². The minimum absolute atomic E-state index is 0.0268. The second-order valence-electron chi connectivity index (χ2n) is 4.69. The van der Waals surface area contributed by atoms with E-state index >= 15 is 0 Å². The molecule has 1 aromatic carbocycles. The molecule has 1 amide bonds. The third kappa shape index (κ3) is 4.32. The molecule has 0 unspecified atom stereocenters. The van der Waals surface area contributed by atoms with Gasteiger partial charge in [-0.1, -0.05) is 17.3 Å². The van der Waals surface area contributed by atoms with Crippen molar-refractivity contribution in [3.05, 3.63) is 36.0 Å². The van der Waals surface area contributed by atoms with E-state index in [2.05, 4.69) is 10.5 Å². The van der Waals surface area contributed by atoms with Crippen LogP contribution in [0.15, 0.2) is 34.9 Å². The van der Waals surface area contributed by atoms with Gasteiger partial charge in [0.25, 0.3) is 5.91 Å². The van der Waals surface area contributed by atoms with Gasteiger partial charge < -0.3 is 14.6 Å². The molecule has 0 spiro atoms. The molecule has 0 saturated carbocycles. The topological polar surface area (TPSA) is 98.5 Å². The van der Waals surface area contributed by atoms with Crippen LogP contribution in [0.2, 0.25) is 0 Å². The maximum Gasteiger partial charge on any atom is 0.273 e. The van der Waals surface area contributed by atoms with Crippen molar-refractivity contribution >= 4 is 15.7 Å². The van der Waals surface area contributed by atoms with Gasteiger partial charge in [0.2, 0.25) is 0 Å². The van der Waals surface area contributed by atoms with Crippen LogP contribution < -0.4 is 10.1 Å². The summed E-state index contributed by atoms with van der Waals surface area (Å²) in [5, 5.41) is 6.16. The van der Waals surface area contributed by atoms with E-state index in [0.717, 1.165) is 11.8 Å². The molecule has 0 saturated heterocycles. The van der Waals surface area contributed by atoms with Crippen molar-refractivity contribution in [1.29, 1.82) is 0 Å². The molecular formula is C14H16N2O5S. The molecule has 0 bridgehead atoms. The van der Waals surface area contributed by atoms with Crippen molar-refractivity contribution in [2.45, 2.75) is 0 Å². The molecule has 1 aromatic heterocycles. The molecule has 1 N–H and O–H groups in total. The molecule has 0 fully saturated rings. The summed E-state index contributed by atoms with van der Waals surface area (Å²) >= 11 is 0. The highest BCUT2D eigenvalue weighted by Crippen LogP contribution is 2.24. The predicted octanol–water partition coefficient (Wildman–Crippen LogP) is 1.12. The average molecular weight is 324 g/mol. The Balaban J connectivity index is 2.05. The fraction of sp³-hybridized carbons (Fsp3) is 0.286. The van der Waals surface area contributed by atoms with Gasteiger partial charge in [-0.2, -0.15) is 0 Å². The summed E-state index contributed by atoms with van der Waals surface area (Å²) in [7, 11) is -1.56. The summed E-state index contributed by atoms with van der Waals surface area (Å²) < 4.78 is 32.3. The van der Waals surface area contributed by atoms with Gasteiger partial charge in [0.15, 0.2) is 11.5 Å². The zero-order chi connectivity index (χ0) is 16.2. The van der Waals surface area contributed by atoms with Crippen LogP contribution in [0.4, 0.5) is 0 Å². The first-order valence-electron chi connectivity index (χ1n) is 6.46. The van der Waals surface area contributed by atoms with E-state index in [-0.39, 0.29) is 18.0 Å². The summed E-state index contributed by atoms with van der Waals surface area (Å²) in [6.07, 6.45) is 1.11. The SMILES string of the molecule is COc1cccc(-c2cc(C(=O)NCCS(C)(=O)=O)no2)c1. The van der Waals surface area contributed by atoms with Gasteiger partial charge in [-0.3, -0.25) is 4.79 Å². The number of aromatic nitrogens is 1. The second kappa shape index (κ2) is 6.61. The van der Waals surface area contributed by atoms with E-state index in [0.29, 0.717) is 11.5 Å².